The second-order valence-corrected chi connectivity index (χ2v) is 5.65. The molecule has 1 heterocycles. The number of rotatable bonds is 7. The Kier molecular flexibility index (Phi) is 5.95. The summed E-state index contributed by atoms with van der Waals surface area (Å²) in [5.41, 5.74) is 1.18. The maximum absolute atomic E-state index is 12.6. The van der Waals surface area contributed by atoms with Crippen LogP contribution in [0, 0.1) is 0 Å². The van der Waals surface area contributed by atoms with E-state index < -0.39 is 5.97 Å². The van der Waals surface area contributed by atoms with Crippen LogP contribution in [0.2, 0.25) is 0 Å². The van der Waals surface area contributed by atoms with Crippen molar-refractivity contribution in [3.8, 4) is 0 Å². The predicted molar refractivity (Wildman–Crippen MR) is 85.1 cm³/mol. The average molecular weight is 304 g/mol. The molecule has 5 nitrogen and oxygen atoms in total. The lowest BCUT2D eigenvalue weighted by Crippen LogP contribution is -2.41. The molecule has 0 bridgehead atoms. The Morgan fingerprint density at radius 2 is 2.09 bits per heavy atom. The summed E-state index contributed by atoms with van der Waals surface area (Å²) in [6.07, 6.45) is 2.80. The molecular formula is C17H24N2O3. The number of likely N-dealkylation sites (tertiary alicyclic amines) is 1. The van der Waals surface area contributed by atoms with Gasteiger partial charge in [0.1, 0.15) is 0 Å². The number of carboxylic acid groups (broad SMARTS) is 1. The lowest BCUT2D eigenvalue weighted by Gasteiger charge is -2.32. The monoisotopic (exact) mass is 304 g/mol. The maximum Gasteiger partial charge on any atom is 0.335 e. The molecule has 0 saturated carbocycles. The first kappa shape index (κ1) is 16.5. The number of amides is 1. The van der Waals surface area contributed by atoms with Gasteiger partial charge in [0.15, 0.2) is 0 Å². The van der Waals surface area contributed by atoms with E-state index >= 15 is 0 Å². The topological polar surface area (TPSA) is 69.6 Å². The number of piperidine rings is 1. The highest BCUT2D eigenvalue weighted by Crippen LogP contribution is 2.28. The fourth-order valence-electron chi connectivity index (χ4n) is 2.90. The van der Waals surface area contributed by atoms with Gasteiger partial charge in [-0.25, -0.2) is 4.79 Å². The highest BCUT2D eigenvalue weighted by atomic mass is 16.4. The van der Waals surface area contributed by atoms with Crippen LogP contribution in [0.15, 0.2) is 24.3 Å². The van der Waals surface area contributed by atoms with E-state index in [9.17, 15) is 9.59 Å². The third-order valence-electron chi connectivity index (χ3n) is 4.12. The van der Waals surface area contributed by atoms with E-state index in [0.717, 1.165) is 51.0 Å². The molecule has 0 aliphatic carbocycles. The smallest absolute Gasteiger partial charge is 0.335 e. The Labute approximate surface area is 131 Å². The van der Waals surface area contributed by atoms with Crippen LogP contribution in [0.4, 0.5) is 0 Å². The molecule has 1 unspecified atom stereocenters. The molecule has 1 saturated heterocycles. The lowest BCUT2D eigenvalue weighted by molar-refractivity contribution is -0.135. The van der Waals surface area contributed by atoms with Crippen LogP contribution in [0.1, 0.15) is 48.0 Å². The predicted octanol–water partition coefficient (Wildman–Crippen LogP) is 2.09. The minimum atomic E-state index is -0.938. The number of carbonyl (C=O) groups excluding carboxylic acids is 1. The Morgan fingerprint density at radius 1 is 1.36 bits per heavy atom. The van der Waals surface area contributed by atoms with Gasteiger partial charge in [0.2, 0.25) is 5.91 Å². The number of nitrogens with one attached hydrogen (secondary N) is 1. The van der Waals surface area contributed by atoms with E-state index in [1.165, 1.54) is 0 Å². The van der Waals surface area contributed by atoms with Crippen molar-refractivity contribution in [3.05, 3.63) is 35.4 Å². The first-order chi connectivity index (χ1) is 10.6. The molecule has 120 valence electrons. The van der Waals surface area contributed by atoms with Gasteiger partial charge in [-0.1, -0.05) is 19.1 Å². The molecule has 0 aromatic heterocycles. The average Bonchev–Trinajstić information content (AvgIpc) is 2.53. The zero-order chi connectivity index (χ0) is 15.9. The van der Waals surface area contributed by atoms with E-state index in [2.05, 4.69) is 12.2 Å². The number of hydrogen-bond acceptors (Lipinski definition) is 3. The van der Waals surface area contributed by atoms with Gasteiger partial charge in [-0.2, -0.15) is 0 Å². The molecule has 0 radical (unpaired) electrons. The van der Waals surface area contributed by atoms with Crippen molar-refractivity contribution in [1.29, 1.82) is 0 Å². The molecule has 1 aliphatic heterocycles. The summed E-state index contributed by atoms with van der Waals surface area (Å²) in [6, 6.07) is 6.70. The number of nitrogens with zero attached hydrogens (tertiary/aromatic N) is 1. The SMILES string of the molecule is CCNCCCN1CCCC(c2ccc(C(=O)O)cc2)C1=O. The van der Waals surface area contributed by atoms with E-state index in [1.807, 2.05) is 4.90 Å². The summed E-state index contributed by atoms with van der Waals surface area (Å²) < 4.78 is 0. The fourth-order valence-corrected chi connectivity index (χ4v) is 2.90. The summed E-state index contributed by atoms with van der Waals surface area (Å²) in [5.74, 6) is -0.895. The maximum atomic E-state index is 12.6. The van der Waals surface area contributed by atoms with Crippen LogP contribution in [0.5, 0.6) is 0 Å². The molecule has 1 amide bonds. The number of aromatic carboxylic acids is 1. The summed E-state index contributed by atoms with van der Waals surface area (Å²) in [7, 11) is 0. The van der Waals surface area contributed by atoms with Crippen molar-refractivity contribution in [2.45, 2.75) is 32.1 Å². The number of carbonyl (C=O) groups is 2. The normalized spacial score (nSPS) is 18.5. The van der Waals surface area contributed by atoms with E-state index in [1.54, 1.807) is 24.3 Å². The van der Waals surface area contributed by atoms with Crippen LogP contribution >= 0.6 is 0 Å². The minimum absolute atomic E-state index is 0.129. The number of carboxylic acids is 1. The van der Waals surface area contributed by atoms with E-state index in [0.29, 0.717) is 0 Å². The molecular weight excluding hydrogens is 280 g/mol. The summed E-state index contributed by atoms with van der Waals surface area (Å²) in [6.45, 7) is 5.57. The Balaban J connectivity index is 1.98. The second kappa shape index (κ2) is 7.94. The quantitative estimate of drug-likeness (QED) is 0.757. The molecule has 1 aromatic rings. The third-order valence-corrected chi connectivity index (χ3v) is 4.12. The largest absolute Gasteiger partial charge is 0.478 e. The zero-order valence-electron chi connectivity index (χ0n) is 13.0. The van der Waals surface area contributed by atoms with Gasteiger partial charge in [-0.3, -0.25) is 4.79 Å². The Bertz CT molecular complexity index is 513. The summed E-state index contributed by atoms with van der Waals surface area (Å²) >= 11 is 0. The molecule has 22 heavy (non-hydrogen) atoms. The van der Waals surface area contributed by atoms with Crippen LogP contribution in [-0.4, -0.2) is 48.1 Å². The van der Waals surface area contributed by atoms with Gasteiger partial charge in [-0.15, -0.1) is 0 Å². The van der Waals surface area contributed by atoms with Crippen molar-refractivity contribution in [2.75, 3.05) is 26.2 Å². The van der Waals surface area contributed by atoms with Gasteiger partial charge in [-0.05, 0) is 50.0 Å². The molecule has 1 aromatic carbocycles. The zero-order valence-corrected chi connectivity index (χ0v) is 13.0. The van der Waals surface area contributed by atoms with Crippen LogP contribution in [-0.2, 0) is 4.79 Å². The molecule has 1 fully saturated rings. The van der Waals surface area contributed by atoms with Crippen molar-refractivity contribution in [3.63, 3.8) is 0 Å². The van der Waals surface area contributed by atoms with Crippen LogP contribution in [0.25, 0.3) is 0 Å². The first-order valence-electron chi connectivity index (χ1n) is 7.96. The highest BCUT2D eigenvalue weighted by Gasteiger charge is 2.29. The first-order valence-corrected chi connectivity index (χ1v) is 7.96. The van der Waals surface area contributed by atoms with Gasteiger partial charge < -0.3 is 15.3 Å². The van der Waals surface area contributed by atoms with Crippen LogP contribution < -0.4 is 5.32 Å². The van der Waals surface area contributed by atoms with Crippen molar-refractivity contribution >= 4 is 11.9 Å². The van der Waals surface area contributed by atoms with Gasteiger partial charge in [0.05, 0.1) is 11.5 Å². The summed E-state index contributed by atoms with van der Waals surface area (Å²) in [5, 5.41) is 12.2. The summed E-state index contributed by atoms with van der Waals surface area (Å²) in [4.78, 5) is 25.4. The van der Waals surface area contributed by atoms with E-state index in [4.69, 9.17) is 5.11 Å². The number of hydrogen-bond donors (Lipinski definition) is 2. The Morgan fingerprint density at radius 3 is 2.73 bits per heavy atom. The number of benzene rings is 1. The standard InChI is InChI=1S/C17H24N2O3/c1-2-18-10-4-12-19-11-3-5-15(16(19)20)13-6-8-14(9-7-13)17(21)22/h6-9,15,18H,2-5,10-12H2,1H3,(H,21,22). The molecule has 2 N–H and O–H groups in total. The second-order valence-electron chi connectivity index (χ2n) is 5.65. The van der Waals surface area contributed by atoms with Crippen LogP contribution in [0.3, 0.4) is 0 Å². The fraction of sp³-hybridized carbons (Fsp3) is 0.529. The van der Waals surface area contributed by atoms with Crippen molar-refractivity contribution in [1.82, 2.24) is 10.2 Å². The van der Waals surface area contributed by atoms with Gasteiger partial charge >= 0.3 is 5.97 Å². The van der Waals surface area contributed by atoms with Crippen molar-refractivity contribution in [2.24, 2.45) is 0 Å². The minimum Gasteiger partial charge on any atom is -0.478 e. The molecule has 0 spiro atoms. The Hall–Kier alpha value is -1.88. The third kappa shape index (κ3) is 4.07. The lowest BCUT2D eigenvalue weighted by atomic mass is 9.89. The molecule has 1 aliphatic rings. The molecule has 1 atom stereocenters. The van der Waals surface area contributed by atoms with Crippen molar-refractivity contribution < 1.29 is 14.7 Å². The van der Waals surface area contributed by atoms with Gasteiger partial charge in [0.25, 0.3) is 0 Å². The van der Waals surface area contributed by atoms with E-state index in [-0.39, 0.29) is 17.4 Å². The van der Waals surface area contributed by atoms with Gasteiger partial charge in [0, 0.05) is 13.1 Å². The highest BCUT2D eigenvalue weighted by molar-refractivity contribution is 5.88. The molecule has 5 heteroatoms. The molecule has 2 rings (SSSR count).